The molecule has 22 heavy (non-hydrogen) atoms. The highest BCUT2D eigenvalue weighted by atomic mass is 32.2. The van der Waals surface area contributed by atoms with Gasteiger partial charge in [-0.1, -0.05) is 55.6 Å². The van der Waals surface area contributed by atoms with Gasteiger partial charge in [0.15, 0.2) is 0 Å². The molecule has 1 aromatic heterocycles. The van der Waals surface area contributed by atoms with Crippen LogP contribution in [-0.4, -0.2) is 18.1 Å². The topological polar surface area (TPSA) is 16.1 Å². The molecule has 0 bridgehead atoms. The largest absolute Gasteiger partial charge is 0.370 e. The minimum absolute atomic E-state index is 0.678. The summed E-state index contributed by atoms with van der Waals surface area (Å²) in [6.07, 6.45) is 10.2. The first-order valence-corrected chi connectivity index (χ1v) is 9.06. The Kier molecular flexibility index (Phi) is 5.38. The molecule has 1 aromatic carbocycles. The normalized spacial score (nSPS) is 16.2. The van der Waals surface area contributed by atoms with E-state index in [0.29, 0.717) is 6.04 Å². The molecule has 0 atom stereocenters. The van der Waals surface area contributed by atoms with Crippen LogP contribution in [0.1, 0.15) is 38.5 Å². The van der Waals surface area contributed by atoms with Crippen molar-refractivity contribution >= 4 is 17.4 Å². The van der Waals surface area contributed by atoms with Gasteiger partial charge in [0.05, 0.1) is 11.9 Å². The van der Waals surface area contributed by atoms with Gasteiger partial charge in [-0.15, -0.1) is 0 Å². The van der Waals surface area contributed by atoms with Crippen LogP contribution < -0.4 is 4.90 Å². The van der Waals surface area contributed by atoms with E-state index in [2.05, 4.69) is 53.3 Å². The molecule has 0 radical (unpaired) electrons. The van der Waals surface area contributed by atoms with Gasteiger partial charge in [-0.2, -0.15) is 0 Å². The maximum atomic E-state index is 4.63. The van der Waals surface area contributed by atoms with Gasteiger partial charge < -0.3 is 4.90 Å². The summed E-state index contributed by atoms with van der Waals surface area (Å²) >= 11 is 1.72. The Morgan fingerprint density at radius 2 is 1.68 bits per heavy atom. The summed E-state index contributed by atoms with van der Waals surface area (Å²) in [5, 5.41) is 1.06. The highest BCUT2D eigenvalue weighted by Gasteiger charge is 2.17. The Hall–Kier alpha value is -1.48. The highest BCUT2D eigenvalue weighted by Crippen LogP contribution is 2.29. The van der Waals surface area contributed by atoms with Crippen molar-refractivity contribution in [2.45, 2.75) is 54.5 Å². The molecule has 1 aliphatic rings. The van der Waals surface area contributed by atoms with Gasteiger partial charge in [0, 0.05) is 18.0 Å². The molecule has 1 heterocycles. The van der Waals surface area contributed by atoms with Crippen molar-refractivity contribution in [3.05, 3.63) is 48.7 Å². The second kappa shape index (κ2) is 7.68. The molecule has 3 heteroatoms. The van der Waals surface area contributed by atoms with E-state index in [-0.39, 0.29) is 0 Å². The van der Waals surface area contributed by atoms with Gasteiger partial charge in [-0.25, -0.2) is 4.98 Å². The molecule has 1 saturated carbocycles. The third kappa shape index (κ3) is 4.04. The van der Waals surface area contributed by atoms with Crippen LogP contribution in [0.3, 0.4) is 0 Å². The van der Waals surface area contributed by atoms with E-state index in [1.165, 1.54) is 49.1 Å². The molecule has 1 fully saturated rings. The molecular weight excluding hydrogens is 288 g/mol. The molecule has 2 nitrogen and oxygen atoms in total. The minimum atomic E-state index is 0.678. The van der Waals surface area contributed by atoms with E-state index in [9.17, 15) is 0 Å². The third-order valence-electron chi connectivity index (χ3n) is 4.47. The molecule has 0 saturated heterocycles. The third-order valence-corrected chi connectivity index (χ3v) is 5.42. The monoisotopic (exact) mass is 312 g/mol. The molecule has 0 amide bonds. The lowest BCUT2D eigenvalue weighted by atomic mass is 10.1. The number of pyridine rings is 1. The van der Waals surface area contributed by atoms with Gasteiger partial charge >= 0.3 is 0 Å². The lowest BCUT2D eigenvalue weighted by Crippen LogP contribution is -2.31. The standard InChI is InChI=1S/C19H24N2S/c1-21(16-9-5-2-3-6-10-16)17-13-14-19(20-15-17)22-18-11-7-4-8-12-18/h4,7-8,11-16H,2-3,5-6,9-10H2,1H3. The average molecular weight is 312 g/mol. The van der Waals surface area contributed by atoms with Crippen molar-refractivity contribution in [3.63, 3.8) is 0 Å². The summed E-state index contributed by atoms with van der Waals surface area (Å²) in [5.41, 5.74) is 1.24. The maximum absolute atomic E-state index is 4.63. The molecular formula is C19H24N2S. The number of rotatable bonds is 4. The molecule has 0 aliphatic heterocycles. The fraction of sp³-hybridized carbons (Fsp3) is 0.421. The lowest BCUT2D eigenvalue weighted by Gasteiger charge is -2.29. The molecule has 3 rings (SSSR count). The van der Waals surface area contributed by atoms with Crippen LogP contribution in [0.5, 0.6) is 0 Å². The number of benzene rings is 1. The van der Waals surface area contributed by atoms with Crippen molar-refractivity contribution in [1.29, 1.82) is 0 Å². The van der Waals surface area contributed by atoms with Crippen LogP contribution >= 0.6 is 11.8 Å². The first kappa shape index (κ1) is 15.4. The van der Waals surface area contributed by atoms with Crippen LogP contribution in [-0.2, 0) is 0 Å². The number of anilines is 1. The average Bonchev–Trinajstić information content (AvgIpc) is 2.85. The Balaban J connectivity index is 1.65. The van der Waals surface area contributed by atoms with Crippen LogP contribution in [0.25, 0.3) is 0 Å². The van der Waals surface area contributed by atoms with Crippen molar-refractivity contribution in [3.8, 4) is 0 Å². The van der Waals surface area contributed by atoms with Crippen molar-refractivity contribution in [2.75, 3.05) is 11.9 Å². The van der Waals surface area contributed by atoms with Gasteiger partial charge in [0.1, 0.15) is 5.03 Å². The Bertz CT molecular complexity index is 560. The lowest BCUT2D eigenvalue weighted by molar-refractivity contribution is 0.552. The Labute approximate surface area is 138 Å². The summed E-state index contributed by atoms with van der Waals surface area (Å²) in [6, 6.07) is 15.5. The van der Waals surface area contributed by atoms with Crippen molar-refractivity contribution in [1.82, 2.24) is 4.98 Å². The van der Waals surface area contributed by atoms with Gasteiger partial charge in [0.25, 0.3) is 0 Å². The SMILES string of the molecule is CN(c1ccc(Sc2ccccc2)nc1)C1CCCCCC1. The van der Waals surface area contributed by atoms with Gasteiger partial charge in [0.2, 0.25) is 0 Å². The number of aromatic nitrogens is 1. The van der Waals surface area contributed by atoms with E-state index in [4.69, 9.17) is 0 Å². The fourth-order valence-electron chi connectivity index (χ4n) is 3.11. The molecule has 0 N–H and O–H groups in total. The van der Waals surface area contributed by atoms with Crippen LogP contribution in [0.4, 0.5) is 5.69 Å². The Morgan fingerprint density at radius 3 is 2.32 bits per heavy atom. The van der Waals surface area contributed by atoms with Crippen molar-refractivity contribution < 1.29 is 0 Å². The van der Waals surface area contributed by atoms with Gasteiger partial charge in [-0.05, 0) is 37.1 Å². The summed E-state index contributed by atoms with van der Waals surface area (Å²) in [4.78, 5) is 8.30. The van der Waals surface area contributed by atoms with Crippen LogP contribution in [0.15, 0.2) is 58.6 Å². The fourth-order valence-corrected chi connectivity index (χ4v) is 3.88. The van der Waals surface area contributed by atoms with Gasteiger partial charge in [-0.3, -0.25) is 0 Å². The predicted octanol–water partition coefficient (Wildman–Crippen LogP) is 5.39. The Morgan fingerprint density at radius 1 is 0.955 bits per heavy atom. The summed E-state index contributed by atoms with van der Waals surface area (Å²) in [6.45, 7) is 0. The minimum Gasteiger partial charge on any atom is -0.370 e. The second-order valence-electron chi connectivity index (χ2n) is 6.03. The number of nitrogens with zero attached hydrogens (tertiary/aromatic N) is 2. The highest BCUT2D eigenvalue weighted by molar-refractivity contribution is 7.99. The molecule has 0 spiro atoms. The molecule has 116 valence electrons. The second-order valence-corrected chi connectivity index (χ2v) is 7.12. The predicted molar refractivity (Wildman–Crippen MR) is 94.7 cm³/mol. The van der Waals surface area contributed by atoms with E-state index < -0.39 is 0 Å². The smallest absolute Gasteiger partial charge is 0.101 e. The molecule has 0 unspecified atom stereocenters. The van der Waals surface area contributed by atoms with Crippen molar-refractivity contribution in [2.24, 2.45) is 0 Å². The van der Waals surface area contributed by atoms with E-state index in [1.54, 1.807) is 11.8 Å². The molecule has 1 aliphatic carbocycles. The van der Waals surface area contributed by atoms with Crippen LogP contribution in [0.2, 0.25) is 0 Å². The zero-order chi connectivity index (χ0) is 15.2. The van der Waals surface area contributed by atoms with E-state index in [0.717, 1.165) is 5.03 Å². The summed E-state index contributed by atoms with van der Waals surface area (Å²) in [7, 11) is 2.22. The van der Waals surface area contributed by atoms with Crippen LogP contribution in [0, 0.1) is 0 Å². The van der Waals surface area contributed by atoms with E-state index >= 15 is 0 Å². The first-order valence-electron chi connectivity index (χ1n) is 8.25. The first-order chi connectivity index (χ1) is 10.8. The number of hydrogen-bond acceptors (Lipinski definition) is 3. The number of hydrogen-bond donors (Lipinski definition) is 0. The quantitative estimate of drug-likeness (QED) is 0.704. The zero-order valence-corrected chi connectivity index (χ0v) is 14.1. The zero-order valence-electron chi connectivity index (χ0n) is 13.2. The molecule has 2 aromatic rings. The summed E-state index contributed by atoms with van der Waals surface area (Å²) < 4.78 is 0. The van der Waals surface area contributed by atoms with E-state index in [1.807, 2.05) is 12.3 Å². The summed E-state index contributed by atoms with van der Waals surface area (Å²) in [5.74, 6) is 0. The maximum Gasteiger partial charge on any atom is 0.101 e.